The number of nitrogens with one attached hydrogen (secondary N) is 1. The minimum Gasteiger partial charge on any atom is -0.496 e. The number of hydrogen-bond donors (Lipinski definition) is 1. The smallest absolute Gasteiger partial charge is 0.165 e. The second-order valence-electron chi connectivity index (χ2n) is 3.77. The van der Waals surface area contributed by atoms with E-state index in [0.29, 0.717) is 16.6 Å². The predicted molar refractivity (Wildman–Crippen MR) is 80.9 cm³/mol. The molecule has 0 spiro atoms. The Balaban J connectivity index is 2.49. The van der Waals surface area contributed by atoms with E-state index in [1.54, 1.807) is 25.4 Å². The Labute approximate surface area is 125 Å². The summed E-state index contributed by atoms with van der Waals surface area (Å²) in [5.41, 5.74) is 0.804. The first kappa shape index (κ1) is 14.1. The van der Waals surface area contributed by atoms with Gasteiger partial charge in [-0.1, -0.05) is 11.6 Å². The molecule has 0 radical (unpaired) electrons. The van der Waals surface area contributed by atoms with Crippen molar-refractivity contribution in [1.29, 1.82) is 0 Å². The third-order valence-electron chi connectivity index (χ3n) is 2.49. The van der Waals surface area contributed by atoms with Crippen molar-refractivity contribution >= 4 is 33.3 Å². The first-order valence-electron chi connectivity index (χ1n) is 5.76. The zero-order valence-corrected chi connectivity index (χ0v) is 12.9. The molecule has 1 aromatic carbocycles. The van der Waals surface area contributed by atoms with Crippen molar-refractivity contribution in [2.45, 2.75) is 6.92 Å². The van der Waals surface area contributed by atoms with Crippen LogP contribution in [0, 0.1) is 0 Å². The van der Waals surface area contributed by atoms with Gasteiger partial charge in [0.2, 0.25) is 0 Å². The first-order chi connectivity index (χ1) is 9.15. The van der Waals surface area contributed by atoms with E-state index in [1.165, 1.54) is 0 Å². The zero-order chi connectivity index (χ0) is 13.8. The fraction of sp³-hybridized carbons (Fsp3) is 0.231. The fourth-order valence-corrected chi connectivity index (χ4v) is 2.13. The van der Waals surface area contributed by atoms with Crippen molar-refractivity contribution in [2.24, 2.45) is 0 Å². The zero-order valence-electron chi connectivity index (χ0n) is 10.6. The SMILES string of the molecule is CCNc1nc(-c2ccc(Cl)cc2OC)ncc1Br. The maximum atomic E-state index is 5.95. The molecule has 0 saturated carbocycles. The van der Waals surface area contributed by atoms with Crippen LogP contribution in [-0.2, 0) is 0 Å². The van der Waals surface area contributed by atoms with Gasteiger partial charge in [0.25, 0.3) is 0 Å². The molecule has 0 unspecified atom stereocenters. The monoisotopic (exact) mass is 341 g/mol. The summed E-state index contributed by atoms with van der Waals surface area (Å²) in [5, 5.41) is 3.79. The lowest BCUT2D eigenvalue weighted by Crippen LogP contribution is -2.02. The lowest BCUT2D eigenvalue weighted by molar-refractivity contribution is 0.416. The number of rotatable bonds is 4. The van der Waals surface area contributed by atoms with Gasteiger partial charge in [-0.3, -0.25) is 0 Å². The molecule has 2 rings (SSSR count). The molecule has 1 N–H and O–H groups in total. The van der Waals surface area contributed by atoms with Gasteiger partial charge in [0.15, 0.2) is 5.82 Å². The van der Waals surface area contributed by atoms with E-state index < -0.39 is 0 Å². The van der Waals surface area contributed by atoms with Crippen molar-refractivity contribution in [2.75, 3.05) is 19.0 Å². The Hall–Kier alpha value is -1.33. The van der Waals surface area contributed by atoms with Crippen LogP contribution in [0.3, 0.4) is 0 Å². The van der Waals surface area contributed by atoms with E-state index in [0.717, 1.165) is 22.4 Å². The molecule has 4 nitrogen and oxygen atoms in total. The average Bonchev–Trinajstić information content (AvgIpc) is 2.41. The van der Waals surface area contributed by atoms with E-state index in [2.05, 4.69) is 31.2 Å². The molecule has 19 heavy (non-hydrogen) atoms. The number of halogens is 2. The van der Waals surface area contributed by atoms with Gasteiger partial charge in [0, 0.05) is 17.8 Å². The third-order valence-corrected chi connectivity index (χ3v) is 3.31. The summed E-state index contributed by atoms with van der Waals surface area (Å²) in [6.45, 7) is 2.80. The lowest BCUT2D eigenvalue weighted by atomic mass is 10.2. The summed E-state index contributed by atoms with van der Waals surface area (Å²) < 4.78 is 6.14. The topological polar surface area (TPSA) is 47.0 Å². The molecule has 0 aliphatic rings. The lowest BCUT2D eigenvalue weighted by Gasteiger charge is -2.10. The predicted octanol–water partition coefficient (Wildman–Crippen LogP) is 4.00. The van der Waals surface area contributed by atoms with Crippen molar-refractivity contribution < 1.29 is 4.74 Å². The number of ether oxygens (including phenoxy) is 1. The number of benzene rings is 1. The maximum absolute atomic E-state index is 5.95. The van der Waals surface area contributed by atoms with Gasteiger partial charge in [0.1, 0.15) is 11.6 Å². The first-order valence-corrected chi connectivity index (χ1v) is 6.93. The highest BCUT2D eigenvalue weighted by atomic mass is 79.9. The van der Waals surface area contributed by atoms with Gasteiger partial charge in [-0.05, 0) is 41.1 Å². The van der Waals surface area contributed by atoms with Crippen LogP contribution in [0.25, 0.3) is 11.4 Å². The number of anilines is 1. The number of methoxy groups -OCH3 is 1. The second kappa shape index (κ2) is 6.21. The summed E-state index contributed by atoms with van der Waals surface area (Å²) in [6, 6.07) is 5.38. The average molecular weight is 343 g/mol. The van der Waals surface area contributed by atoms with Crippen LogP contribution in [0.4, 0.5) is 5.82 Å². The molecule has 0 aliphatic carbocycles. The van der Waals surface area contributed by atoms with Gasteiger partial charge < -0.3 is 10.1 Å². The Bertz CT molecular complexity index is 592. The Morgan fingerprint density at radius 1 is 1.42 bits per heavy atom. The number of hydrogen-bond acceptors (Lipinski definition) is 4. The quantitative estimate of drug-likeness (QED) is 0.912. The number of aromatic nitrogens is 2. The summed E-state index contributed by atoms with van der Waals surface area (Å²) >= 11 is 9.36. The summed E-state index contributed by atoms with van der Waals surface area (Å²) in [4.78, 5) is 8.79. The largest absolute Gasteiger partial charge is 0.496 e. The Kier molecular flexibility index (Phi) is 4.61. The minimum absolute atomic E-state index is 0.590. The normalized spacial score (nSPS) is 10.3. The highest BCUT2D eigenvalue weighted by Crippen LogP contribution is 2.31. The van der Waals surface area contributed by atoms with Gasteiger partial charge in [0.05, 0.1) is 17.1 Å². The highest BCUT2D eigenvalue weighted by molar-refractivity contribution is 9.10. The van der Waals surface area contributed by atoms with Crippen LogP contribution < -0.4 is 10.1 Å². The molecule has 100 valence electrons. The van der Waals surface area contributed by atoms with E-state index in [-0.39, 0.29) is 0 Å². The maximum Gasteiger partial charge on any atom is 0.165 e. The van der Waals surface area contributed by atoms with Crippen LogP contribution in [0.1, 0.15) is 6.92 Å². The standard InChI is InChI=1S/C13H13BrClN3O/c1-3-16-13-10(14)7-17-12(18-13)9-5-4-8(15)6-11(9)19-2/h4-7H,3H2,1-2H3,(H,16,17,18). The van der Waals surface area contributed by atoms with Crippen LogP contribution >= 0.6 is 27.5 Å². The van der Waals surface area contributed by atoms with E-state index in [4.69, 9.17) is 16.3 Å². The van der Waals surface area contributed by atoms with Crippen molar-refractivity contribution in [3.8, 4) is 17.1 Å². The molecule has 0 fully saturated rings. The summed E-state index contributed by atoms with van der Waals surface area (Å²) in [7, 11) is 1.60. The van der Waals surface area contributed by atoms with E-state index in [1.807, 2.05) is 13.0 Å². The molecule has 0 saturated heterocycles. The minimum atomic E-state index is 0.590. The van der Waals surface area contributed by atoms with Crippen molar-refractivity contribution in [3.05, 3.63) is 33.9 Å². The molecule has 0 aliphatic heterocycles. The summed E-state index contributed by atoms with van der Waals surface area (Å²) in [5.74, 6) is 1.99. The third kappa shape index (κ3) is 3.16. The van der Waals surface area contributed by atoms with E-state index in [9.17, 15) is 0 Å². The molecule has 0 bridgehead atoms. The Morgan fingerprint density at radius 2 is 2.21 bits per heavy atom. The molecule has 1 heterocycles. The molecular weight excluding hydrogens is 330 g/mol. The molecular formula is C13H13BrClN3O. The number of nitrogens with zero attached hydrogens (tertiary/aromatic N) is 2. The van der Waals surface area contributed by atoms with Crippen LogP contribution in [0.5, 0.6) is 5.75 Å². The van der Waals surface area contributed by atoms with Gasteiger partial charge >= 0.3 is 0 Å². The second-order valence-corrected chi connectivity index (χ2v) is 5.06. The van der Waals surface area contributed by atoms with E-state index >= 15 is 0 Å². The Morgan fingerprint density at radius 3 is 2.89 bits per heavy atom. The molecule has 0 atom stereocenters. The van der Waals surface area contributed by atoms with Crippen LogP contribution in [0.15, 0.2) is 28.9 Å². The highest BCUT2D eigenvalue weighted by Gasteiger charge is 2.11. The van der Waals surface area contributed by atoms with Crippen molar-refractivity contribution in [3.63, 3.8) is 0 Å². The van der Waals surface area contributed by atoms with Gasteiger partial charge in [-0.15, -0.1) is 0 Å². The molecule has 0 amide bonds. The van der Waals surface area contributed by atoms with Gasteiger partial charge in [-0.25, -0.2) is 9.97 Å². The van der Waals surface area contributed by atoms with Crippen LogP contribution in [0.2, 0.25) is 5.02 Å². The van der Waals surface area contributed by atoms with Gasteiger partial charge in [-0.2, -0.15) is 0 Å². The molecule has 6 heteroatoms. The summed E-state index contributed by atoms with van der Waals surface area (Å²) in [6.07, 6.45) is 1.72. The fourth-order valence-electron chi connectivity index (χ4n) is 1.64. The van der Waals surface area contributed by atoms with Crippen molar-refractivity contribution in [1.82, 2.24) is 9.97 Å². The molecule has 1 aromatic heterocycles. The molecule has 2 aromatic rings. The van der Waals surface area contributed by atoms with Crippen LogP contribution in [-0.4, -0.2) is 23.6 Å².